The SMILES string of the molecule is C[C@@H](O)[C@@H](C(=O)O)N1CC2(CCCCC2)C1=O. The molecule has 96 valence electrons. The fourth-order valence-corrected chi connectivity index (χ4v) is 3.10. The summed E-state index contributed by atoms with van der Waals surface area (Å²) >= 11 is 0. The second-order valence-electron chi connectivity index (χ2n) is 5.30. The second kappa shape index (κ2) is 4.29. The first-order valence-electron chi connectivity index (χ1n) is 6.20. The van der Waals surface area contributed by atoms with E-state index < -0.39 is 18.1 Å². The third kappa shape index (κ3) is 1.92. The number of amides is 1. The Balaban J connectivity index is 2.07. The van der Waals surface area contributed by atoms with Crippen molar-refractivity contribution in [2.45, 2.75) is 51.2 Å². The average Bonchev–Trinajstić information content (AvgIpc) is 2.28. The van der Waals surface area contributed by atoms with Gasteiger partial charge in [-0.05, 0) is 19.8 Å². The van der Waals surface area contributed by atoms with Gasteiger partial charge in [-0.2, -0.15) is 0 Å². The summed E-state index contributed by atoms with van der Waals surface area (Å²) in [7, 11) is 0. The molecule has 17 heavy (non-hydrogen) atoms. The van der Waals surface area contributed by atoms with Crippen molar-refractivity contribution in [2.75, 3.05) is 6.54 Å². The Kier molecular flexibility index (Phi) is 3.12. The maximum Gasteiger partial charge on any atom is 0.329 e. The maximum absolute atomic E-state index is 12.1. The maximum atomic E-state index is 12.1. The van der Waals surface area contributed by atoms with Crippen LogP contribution < -0.4 is 0 Å². The van der Waals surface area contributed by atoms with Crippen LogP contribution in [0.2, 0.25) is 0 Å². The molecule has 2 fully saturated rings. The summed E-state index contributed by atoms with van der Waals surface area (Å²) in [6.45, 7) is 1.91. The monoisotopic (exact) mass is 241 g/mol. The molecule has 1 heterocycles. The summed E-state index contributed by atoms with van der Waals surface area (Å²) in [5, 5.41) is 18.5. The van der Waals surface area contributed by atoms with Crippen molar-refractivity contribution < 1.29 is 19.8 Å². The third-order valence-electron chi connectivity index (χ3n) is 4.04. The first-order valence-corrected chi connectivity index (χ1v) is 6.20. The van der Waals surface area contributed by atoms with Gasteiger partial charge in [-0.3, -0.25) is 4.79 Å². The highest BCUT2D eigenvalue weighted by molar-refractivity contribution is 5.93. The highest BCUT2D eigenvalue weighted by Crippen LogP contribution is 2.45. The predicted octanol–water partition coefficient (Wildman–Crippen LogP) is 0.613. The molecule has 1 saturated carbocycles. The number of rotatable bonds is 3. The molecule has 5 nitrogen and oxygen atoms in total. The Hall–Kier alpha value is -1.10. The Morgan fingerprint density at radius 3 is 2.35 bits per heavy atom. The van der Waals surface area contributed by atoms with Crippen LogP contribution in [0.1, 0.15) is 39.0 Å². The number of β-lactam (4-membered cyclic amide) rings is 1. The van der Waals surface area contributed by atoms with Crippen molar-refractivity contribution in [2.24, 2.45) is 5.41 Å². The summed E-state index contributed by atoms with van der Waals surface area (Å²) in [4.78, 5) is 24.5. The van der Waals surface area contributed by atoms with Crippen LogP contribution in [0.25, 0.3) is 0 Å². The zero-order valence-electron chi connectivity index (χ0n) is 10.1. The molecule has 0 unspecified atom stereocenters. The lowest BCUT2D eigenvalue weighted by Crippen LogP contribution is -2.68. The van der Waals surface area contributed by atoms with Crippen molar-refractivity contribution in [3.05, 3.63) is 0 Å². The standard InChI is InChI=1S/C12H19NO4/c1-8(14)9(10(15)16)13-7-12(11(13)17)5-3-2-4-6-12/h8-9,14H,2-7H2,1H3,(H,15,16)/t8-,9+/m1/s1. The van der Waals surface area contributed by atoms with Gasteiger partial charge in [-0.1, -0.05) is 19.3 Å². The van der Waals surface area contributed by atoms with E-state index in [-0.39, 0.29) is 11.3 Å². The number of carbonyl (C=O) groups is 2. The van der Waals surface area contributed by atoms with Gasteiger partial charge in [0.2, 0.25) is 5.91 Å². The Morgan fingerprint density at radius 2 is 1.94 bits per heavy atom. The van der Waals surface area contributed by atoms with Gasteiger partial charge in [0.05, 0.1) is 11.5 Å². The normalized spacial score (nSPS) is 26.5. The summed E-state index contributed by atoms with van der Waals surface area (Å²) in [5.41, 5.74) is -0.305. The number of aliphatic hydroxyl groups is 1. The van der Waals surface area contributed by atoms with Crippen LogP contribution in [0.5, 0.6) is 0 Å². The van der Waals surface area contributed by atoms with Crippen LogP contribution in [0.15, 0.2) is 0 Å². The summed E-state index contributed by atoms with van der Waals surface area (Å²) in [6.07, 6.45) is 3.96. The third-order valence-corrected chi connectivity index (χ3v) is 4.04. The van der Waals surface area contributed by atoms with Gasteiger partial charge in [0.25, 0.3) is 0 Å². The van der Waals surface area contributed by atoms with Crippen LogP contribution in [-0.4, -0.2) is 45.7 Å². The minimum absolute atomic E-state index is 0.0782. The van der Waals surface area contributed by atoms with Gasteiger partial charge >= 0.3 is 5.97 Å². The average molecular weight is 241 g/mol. The lowest BCUT2D eigenvalue weighted by Gasteiger charge is -2.53. The molecule has 1 aliphatic carbocycles. The van der Waals surface area contributed by atoms with E-state index in [4.69, 9.17) is 5.11 Å². The van der Waals surface area contributed by atoms with Crippen LogP contribution in [0.3, 0.4) is 0 Å². The van der Waals surface area contributed by atoms with Crippen molar-refractivity contribution in [3.8, 4) is 0 Å². The lowest BCUT2D eigenvalue weighted by molar-refractivity contribution is -0.180. The molecule has 2 N–H and O–H groups in total. The van der Waals surface area contributed by atoms with Crippen molar-refractivity contribution >= 4 is 11.9 Å². The molecule has 0 aromatic carbocycles. The molecule has 5 heteroatoms. The zero-order chi connectivity index (χ0) is 12.6. The molecular formula is C12H19NO4. The van der Waals surface area contributed by atoms with E-state index in [1.54, 1.807) is 0 Å². The molecule has 1 spiro atoms. The fourth-order valence-electron chi connectivity index (χ4n) is 3.10. The zero-order valence-corrected chi connectivity index (χ0v) is 10.1. The van der Waals surface area contributed by atoms with E-state index in [1.165, 1.54) is 11.8 Å². The summed E-state index contributed by atoms with van der Waals surface area (Å²) in [6, 6.07) is -1.09. The molecule has 0 radical (unpaired) electrons. The summed E-state index contributed by atoms with van der Waals surface area (Å²) in [5.74, 6) is -1.20. The topological polar surface area (TPSA) is 77.8 Å². The molecule has 0 aromatic rings. The van der Waals surface area contributed by atoms with E-state index in [9.17, 15) is 14.7 Å². The number of likely N-dealkylation sites (tertiary alicyclic amines) is 1. The highest BCUT2D eigenvalue weighted by Gasteiger charge is 2.55. The van der Waals surface area contributed by atoms with Gasteiger partial charge in [0.15, 0.2) is 6.04 Å². The van der Waals surface area contributed by atoms with Crippen LogP contribution >= 0.6 is 0 Å². The Labute approximate surface area is 100 Å². The molecule has 2 aliphatic rings. The quantitative estimate of drug-likeness (QED) is 0.710. The Morgan fingerprint density at radius 1 is 1.35 bits per heavy atom. The number of nitrogens with zero attached hydrogens (tertiary/aromatic N) is 1. The molecular weight excluding hydrogens is 222 g/mol. The Bertz CT molecular complexity index is 333. The van der Waals surface area contributed by atoms with Gasteiger partial charge in [0, 0.05) is 6.54 Å². The first-order chi connectivity index (χ1) is 7.98. The molecule has 1 saturated heterocycles. The van der Waals surface area contributed by atoms with Crippen molar-refractivity contribution in [3.63, 3.8) is 0 Å². The van der Waals surface area contributed by atoms with Crippen molar-refractivity contribution in [1.82, 2.24) is 4.90 Å². The molecule has 2 atom stereocenters. The van der Waals surface area contributed by atoms with Crippen LogP contribution in [-0.2, 0) is 9.59 Å². The van der Waals surface area contributed by atoms with E-state index in [2.05, 4.69) is 0 Å². The summed E-state index contributed by atoms with van der Waals surface area (Å²) < 4.78 is 0. The van der Waals surface area contributed by atoms with Gasteiger partial charge < -0.3 is 15.1 Å². The highest BCUT2D eigenvalue weighted by atomic mass is 16.4. The van der Waals surface area contributed by atoms with Crippen LogP contribution in [0, 0.1) is 5.41 Å². The molecule has 1 amide bonds. The van der Waals surface area contributed by atoms with Crippen molar-refractivity contribution in [1.29, 1.82) is 0 Å². The number of carboxylic acids is 1. The minimum atomic E-state index is -1.13. The number of hydrogen-bond acceptors (Lipinski definition) is 3. The van der Waals surface area contributed by atoms with Gasteiger partial charge in [-0.25, -0.2) is 4.79 Å². The molecule has 0 bridgehead atoms. The number of hydrogen-bond donors (Lipinski definition) is 2. The van der Waals surface area contributed by atoms with Gasteiger partial charge in [-0.15, -0.1) is 0 Å². The number of carbonyl (C=O) groups excluding carboxylic acids is 1. The minimum Gasteiger partial charge on any atom is -0.480 e. The predicted molar refractivity (Wildman–Crippen MR) is 60.3 cm³/mol. The fraction of sp³-hybridized carbons (Fsp3) is 0.833. The lowest BCUT2D eigenvalue weighted by atomic mass is 9.67. The molecule has 1 aliphatic heterocycles. The van der Waals surface area contributed by atoms with E-state index in [1.807, 2.05) is 0 Å². The number of aliphatic hydroxyl groups excluding tert-OH is 1. The molecule has 0 aromatic heterocycles. The smallest absolute Gasteiger partial charge is 0.329 e. The van der Waals surface area contributed by atoms with Crippen LogP contribution in [0.4, 0.5) is 0 Å². The number of aliphatic carboxylic acids is 1. The van der Waals surface area contributed by atoms with Gasteiger partial charge in [0.1, 0.15) is 0 Å². The van der Waals surface area contributed by atoms with E-state index in [0.29, 0.717) is 6.54 Å². The van der Waals surface area contributed by atoms with E-state index >= 15 is 0 Å². The second-order valence-corrected chi connectivity index (χ2v) is 5.30. The van der Waals surface area contributed by atoms with E-state index in [0.717, 1.165) is 32.1 Å². The number of carboxylic acid groups (broad SMARTS) is 1. The molecule has 2 rings (SSSR count). The largest absolute Gasteiger partial charge is 0.480 e. The first kappa shape index (κ1) is 12.4.